The number of alkyl halides is 2. The molecule has 0 N–H and O–H groups in total. The summed E-state index contributed by atoms with van der Waals surface area (Å²) in [4.78, 5) is 0. The van der Waals surface area contributed by atoms with Crippen LogP contribution in [0.3, 0.4) is 0 Å². The van der Waals surface area contributed by atoms with Crippen LogP contribution in [0, 0.1) is 17.8 Å². The predicted molar refractivity (Wildman–Crippen MR) is 113 cm³/mol. The summed E-state index contributed by atoms with van der Waals surface area (Å²) in [6.45, 7) is 7.10. The van der Waals surface area contributed by atoms with E-state index in [-0.39, 0.29) is 11.7 Å². The molecule has 3 rings (SSSR count). The largest absolute Gasteiger partial charge is 0.383 e. The van der Waals surface area contributed by atoms with Gasteiger partial charge in [0.25, 0.3) is 0 Å². The minimum Gasteiger partial charge on any atom is -0.377 e. The molecule has 0 unspecified atom stereocenters. The van der Waals surface area contributed by atoms with Gasteiger partial charge in [0.05, 0.1) is 18.3 Å². The van der Waals surface area contributed by atoms with Crippen molar-refractivity contribution in [2.75, 3.05) is 6.61 Å². The molecule has 2 aliphatic carbocycles. The summed E-state index contributed by atoms with van der Waals surface area (Å²) in [5.41, 5.74) is 0.839. The van der Waals surface area contributed by atoms with Crippen LogP contribution < -0.4 is 0 Å². The van der Waals surface area contributed by atoms with Crippen LogP contribution in [-0.2, 0) is 22.2 Å². The second kappa shape index (κ2) is 10.7. The molecule has 0 radical (unpaired) electrons. The van der Waals surface area contributed by atoms with Gasteiger partial charge in [-0.05, 0) is 93.2 Å². The van der Waals surface area contributed by atoms with Gasteiger partial charge in [-0.3, -0.25) is 0 Å². The minimum atomic E-state index is -3.23. The molecule has 2 fully saturated rings. The van der Waals surface area contributed by atoms with Gasteiger partial charge in [-0.1, -0.05) is 25.1 Å². The van der Waals surface area contributed by atoms with E-state index >= 15 is 0 Å². The van der Waals surface area contributed by atoms with E-state index in [4.69, 9.17) is 9.47 Å². The Balaban J connectivity index is 1.45. The monoisotopic (exact) mass is 406 g/mol. The van der Waals surface area contributed by atoms with E-state index in [0.717, 1.165) is 43.6 Å². The van der Waals surface area contributed by atoms with Crippen LogP contribution in [0.5, 0.6) is 0 Å². The molecule has 0 spiro atoms. The predicted octanol–water partition coefficient (Wildman–Crippen LogP) is 7.23. The van der Waals surface area contributed by atoms with E-state index in [1.165, 1.54) is 37.8 Å². The Morgan fingerprint density at radius 1 is 0.966 bits per heavy atom. The number of hydrogen-bond donors (Lipinski definition) is 0. The number of benzene rings is 1. The van der Waals surface area contributed by atoms with E-state index in [1.807, 2.05) is 6.92 Å². The summed E-state index contributed by atoms with van der Waals surface area (Å²) in [7, 11) is 0. The van der Waals surface area contributed by atoms with E-state index in [9.17, 15) is 8.78 Å². The highest BCUT2D eigenvalue weighted by molar-refractivity contribution is 5.24. The molecule has 0 saturated heterocycles. The van der Waals surface area contributed by atoms with E-state index in [2.05, 4.69) is 12.7 Å². The third-order valence-corrected chi connectivity index (χ3v) is 6.76. The lowest BCUT2D eigenvalue weighted by atomic mass is 9.70. The topological polar surface area (TPSA) is 18.5 Å². The maximum atomic E-state index is 14.6. The Hall–Kier alpha value is -1.26. The van der Waals surface area contributed by atoms with Gasteiger partial charge in [0.15, 0.2) is 0 Å². The second-order valence-corrected chi connectivity index (χ2v) is 8.83. The molecular formula is C25H36F2O2. The Kier molecular flexibility index (Phi) is 8.25. The lowest BCUT2D eigenvalue weighted by molar-refractivity contribution is -0.278. The molecule has 1 aromatic rings. The zero-order valence-corrected chi connectivity index (χ0v) is 17.8. The Labute approximate surface area is 174 Å². The quantitative estimate of drug-likeness (QED) is 0.318. The van der Waals surface area contributed by atoms with Crippen molar-refractivity contribution in [1.29, 1.82) is 0 Å². The first-order valence-corrected chi connectivity index (χ1v) is 11.4. The van der Waals surface area contributed by atoms with E-state index in [1.54, 1.807) is 12.1 Å². The third kappa shape index (κ3) is 6.36. The zero-order chi connectivity index (χ0) is 20.7. The van der Waals surface area contributed by atoms with Crippen molar-refractivity contribution in [2.24, 2.45) is 17.8 Å². The fourth-order valence-electron chi connectivity index (χ4n) is 4.94. The molecule has 0 heterocycles. The van der Waals surface area contributed by atoms with Crippen molar-refractivity contribution < 1.29 is 18.3 Å². The number of hydrogen-bond acceptors (Lipinski definition) is 2. The van der Waals surface area contributed by atoms with Crippen LogP contribution in [0.1, 0.15) is 75.8 Å². The van der Waals surface area contributed by atoms with Crippen LogP contribution in [-0.4, -0.2) is 12.7 Å². The molecule has 29 heavy (non-hydrogen) atoms. The molecular weight excluding hydrogens is 370 g/mol. The first-order valence-electron chi connectivity index (χ1n) is 11.4. The van der Waals surface area contributed by atoms with Gasteiger partial charge in [-0.25, -0.2) is 0 Å². The fraction of sp³-hybridized carbons (Fsp3) is 0.680. The van der Waals surface area contributed by atoms with Crippen LogP contribution in [0.2, 0.25) is 0 Å². The Bertz CT molecular complexity index is 612. The van der Waals surface area contributed by atoms with Crippen molar-refractivity contribution in [2.45, 2.75) is 83.5 Å². The molecule has 0 aliphatic heterocycles. The van der Waals surface area contributed by atoms with Gasteiger partial charge in [-0.15, -0.1) is 6.58 Å². The summed E-state index contributed by atoms with van der Waals surface area (Å²) < 4.78 is 40.1. The minimum absolute atomic E-state index is 0.0680. The van der Waals surface area contributed by atoms with Crippen LogP contribution >= 0.6 is 0 Å². The highest BCUT2D eigenvalue weighted by Crippen LogP contribution is 2.42. The average molecular weight is 407 g/mol. The highest BCUT2D eigenvalue weighted by Gasteiger charge is 2.38. The molecule has 0 bridgehead atoms. The van der Waals surface area contributed by atoms with Gasteiger partial charge < -0.3 is 9.47 Å². The van der Waals surface area contributed by atoms with E-state index < -0.39 is 6.11 Å². The molecule has 2 saturated carbocycles. The van der Waals surface area contributed by atoms with Gasteiger partial charge in [0.1, 0.15) is 0 Å². The van der Waals surface area contributed by atoms with Crippen LogP contribution in [0.4, 0.5) is 8.78 Å². The number of rotatable bonds is 9. The molecule has 1 aromatic carbocycles. The first-order chi connectivity index (χ1) is 14.0. The second-order valence-electron chi connectivity index (χ2n) is 8.83. The molecule has 162 valence electrons. The molecule has 0 aromatic heterocycles. The van der Waals surface area contributed by atoms with Gasteiger partial charge >= 0.3 is 6.11 Å². The summed E-state index contributed by atoms with van der Waals surface area (Å²) >= 11 is 0. The van der Waals surface area contributed by atoms with Crippen molar-refractivity contribution in [3.63, 3.8) is 0 Å². The summed E-state index contributed by atoms with van der Waals surface area (Å²) in [5, 5.41) is 0. The van der Waals surface area contributed by atoms with Crippen LogP contribution in [0.25, 0.3) is 0 Å². The SMILES string of the molecule is C=C[C@H]1CC[C@H](C2CCC(OC(F)(F)c3ccc(COCCC)cc3)CC2)CC1. The molecule has 2 aliphatic rings. The van der Waals surface area contributed by atoms with E-state index in [0.29, 0.717) is 25.0 Å². The lowest BCUT2D eigenvalue weighted by Gasteiger charge is -2.38. The highest BCUT2D eigenvalue weighted by atomic mass is 19.3. The molecule has 4 heteroatoms. The van der Waals surface area contributed by atoms with Crippen molar-refractivity contribution in [1.82, 2.24) is 0 Å². The lowest BCUT2D eigenvalue weighted by Crippen LogP contribution is -2.32. The van der Waals surface area contributed by atoms with Crippen molar-refractivity contribution in [3.8, 4) is 0 Å². The number of halogens is 2. The smallest absolute Gasteiger partial charge is 0.377 e. The van der Waals surface area contributed by atoms with Crippen molar-refractivity contribution in [3.05, 3.63) is 48.0 Å². The number of allylic oxidation sites excluding steroid dienone is 1. The molecule has 0 amide bonds. The Morgan fingerprint density at radius 2 is 1.55 bits per heavy atom. The van der Waals surface area contributed by atoms with Gasteiger partial charge in [0, 0.05) is 6.61 Å². The van der Waals surface area contributed by atoms with Crippen LogP contribution in [0.15, 0.2) is 36.9 Å². The zero-order valence-electron chi connectivity index (χ0n) is 17.8. The maximum Gasteiger partial charge on any atom is 0.383 e. The third-order valence-electron chi connectivity index (χ3n) is 6.76. The normalized spacial score (nSPS) is 28.2. The first kappa shape index (κ1) is 22.4. The fourth-order valence-corrected chi connectivity index (χ4v) is 4.94. The maximum absolute atomic E-state index is 14.6. The summed E-state index contributed by atoms with van der Waals surface area (Å²) in [6.07, 6.45) is 7.96. The summed E-state index contributed by atoms with van der Waals surface area (Å²) in [5.74, 6) is 2.11. The molecule has 2 nitrogen and oxygen atoms in total. The van der Waals surface area contributed by atoms with Gasteiger partial charge in [-0.2, -0.15) is 8.78 Å². The number of ether oxygens (including phenoxy) is 2. The average Bonchev–Trinajstić information content (AvgIpc) is 2.75. The van der Waals surface area contributed by atoms with Gasteiger partial charge in [0.2, 0.25) is 0 Å². The standard InChI is InChI=1S/C25H36F2O2/c1-3-17-28-18-20-7-13-23(14-8-20)25(26,27)29-24-15-11-22(12-16-24)21-9-5-19(4-2)6-10-21/h4,7-8,13-14,19,21-22,24H,2-3,5-6,9-12,15-18H2,1H3/t19-,21-,22?,24?. The Morgan fingerprint density at radius 3 is 2.10 bits per heavy atom. The van der Waals surface area contributed by atoms with Crippen molar-refractivity contribution >= 4 is 0 Å². The summed E-state index contributed by atoms with van der Waals surface area (Å²) in [6, 6.07) is 6.35. The molecule has 0 atom stereocenters.